The van der Waals surface area contributed by atoms with E-state index in [1.807, 2.05) is 17.0 Å². The van der Waals surface area contributed by atoms with Gasteiger partial charge in [-0.15, -0.1) is 0 Å². The van der Waals surface area contributed by atoms with E-state index in [0.717, 1.165) is 44.7 Å². The highest BCUT2D eigenvalue weighted by molar-refractivity contribution is 5.75. The second kappa shape index (κ2) is 11.7. The summed E-state index contributed by atoms with van der Waals surface area (Å²) in [6.07, 6.45) is 0.619. The van der Waals surface area contributed by atoms with E-state index in [-0.39, 0.29) is 24.8 Å². The lowest BCUT2D eigenvalue weighted by Crippen LogP contribution is -2.51. The number of piperazine rings is 1. The summed E-state index contributed by atoms with van der Waals surface area (Å²) in [6, 6.07) is 6.61. The Morgan fingerprint density at radius 2 is 1.91 bits per heavy atom. The van der Waals surface area contributed by atoms with Crippen molar-refractivity contribution in [2.24, 2.45) is 11.5 Å². The van der Waals surface area contributed by atoms with Crippen LogP contribution in [-0.2, 0) is 20.7 Å². The van der Waals surface area contributed by atoms with Gasteiger partial charge in [0, 0.05) is 32.7 Å². The van der Waals surface area contributed by atoms with E-state index in [2.05, 4.69) is 9.64 Å². The lowest BCUT2D eigenvalue weighted by molar-refractivity contribution is -0.142. The highest BCUT2D eigenvalue weighted by Crippen LogP contribution is 2.17. The van der Waals surface area contributed by atoms with Crippen LogP contribution < -0.4 is 16.2 Å². The molecule has 11 heteroatoms. The van der Waals surface area contributed by atoms with Gasteiger partial charge in [-0.25, -0.2) is 4.79 Å². The molecule has 2 heterocycles. The summed E-state index contributed by atoms with van der Waals surface area (Å²) in [7, 11) is 1.31. The molecule has 2 aliphatic rings. The zero-order chi connectivity index (χ0) is 23.8. The van der Waals surface area contributed by atoms with Gasteiger partial charge in [-0.2, -0.15) is 0 Å². The maximum atomic E-state index is 12.2. The summed E-state index contributed by atoms with van der Waals surface area (Å²) < 4.78 is 15.8. The fraction of sp³-hybridized carbons (Fsp3) is 0.591. The number of guanidine groups is 1. The van der Waals surface area contributed by atoms with Gasteiger partial charge < -0.3 is 35.5 Å². The minimum absolute atomic E-state index is 0.126. The number of cyclic esters (lactones) is 1. The van der Waals surface area contributed by atoms with E-state index in [4.69, 9.17) is 26.4 Å². The van der Waals surface area contributed by atoms with E-state index in [1.165, 1.54) is 7.11 Å². The smallest absolute Gasteiger partial charge is 0.410 e. The molecule has 1 aromatic carbocycles. The lowest BCUT2D eigenvalue weighted by atomic mass is 10.1. The molecule has 2 unspecified atom stereocenters. The fourth-order valence-electron chi connectivity index (χ4n) is 3.94. The number of amides is 1. The number of nitrogens with zero attached hydrogens (tertiary/aromatic N) is 3. The summed E-state index contributed by atoms with van der Waals surface area (Å²) in [6.45, 7) is 5.57. The SMILES string of the molecule is COC(=O)C(N)Cc1ccc(OCC2CN(CCCN3CCN(C(=N)N)CC3)C(=O)O2)cc1. The van der Waals surface area contributed by atoms with Gasteiger partial charge in [0.15, 0.2) is 12.1 Å². The van der Waals surface area contributed by atoms with Crippen LogP contribution in [0.1, 0.15) is 12.0 Å². The van der Waals surface area contributed by atoms with Crippen molar-refractivity contribution < 1.29 is 23.8 Å². The largest absolute Gasteiger partial charge is 0.490 e. The number of carbonyl (C=O) groups is 2. The molecular formula is C22H34N6O5. The van der Waals surface area contributed by atoms with Crippen LogP contribution in [0.15, 0.2) is 24.3 Å². The van der Waals surface area contributed by atoms with E-state index < -0.39 is 12.0 Å². The van der Waals surface area contributed by atoms with Gasteiger partial charge in [0.2, 0.25) is 0 Å². The minimum atomic E-state index is -0.698. The Morgan fingerprint density at radius 3 is 2.55 bits per heavy atom. The Kier molecular flexibility index (Phi) is 8.72. The van der Waals surface area contributed by atoms with Crippen LogP contribution in [0.4, 0.5) is 4.79 Å². The molecule has 11 nitrogen and oxygen atoms in total. The first kappa shape index (κ1) is 24.6. The molecule has 0 bridgehead atoms. The average molecular weight is 463 g/mol. The molecule has 2 saturated heterocycles. The van der Waals surface area contributed by atoms with Crippen LogP contribution in [0.25, 0.3) is 0 Å². The monoisotopic (exact) mass is 462 g/mol. The zero-order valence-electron chi connectivity index (χ0n) is 19.1. The Hall–Kier alpha value is -3.05. The molecule has 2 fully saturated rings. The molecule has 3 rings (SSSR count). The molecule has 2 aliphatic heterocycles. The highest BCUT2D eigenvalue weighted by atomic mass is 16.6. The number of hydrogen-bond donors (Lipinski definition) is 3. The Balaban J connectivity index is 1.34. The number of nitrogens with one attached hydrogen (secondary N) is 1. The Labute approximate surface area is 194 Å². The molecule has 0 saturated carbocycles. The molecule has 0 spiro atoms. The third kappa shape index (κ3) is 7.22. The van der Waals surface area contributed by atoms with Gasteiger partial charge >= 0.3 is 12.1 Å². The van der Waals surface area contributed by atoms with Crippen LogP contribution in [0, 0.1) is 5.41 Å². The summed E-state index contributed by atoms with van der Waals surface area (Å²) >= 11 is 0. The van der Waals surface area contributed by atoms with Crippen LogP contribution >= 0.6 is 0 Å². The summed E-state index contributed by atoms with van der Waals surface area (Å²) in [5.74, 6) is 0.338. The van der Waals surface area contributed by atoms with Gasteiger partial charge in [0.25, 0.3) is 0 Å². The quantitative estimate of drug-likeness (QED) is 0.245. The molecule has 1 aromatic rings. The third-order valence-electron chi connectivity index (χ3n) is 5.88. The predicted octanol–water partition coefficient (Wildman–Crippen LogP) is -0.170. The van der Waals surface area contributed by atoms with Crippen LogP contribution in [-0.4, -0.2) is 104 Å². The van der Waals surface area contributed by atoms with Crippen LogP contribution in [0.5, 0.6) is 5.75 Å². The summed E-state index contributed by atoms with van der Waals surface area (Å²) in [5.41, 5.74) is 12.2. The number of esters is 1. The Morgan fingerprint density at radius 1 is 1.21 bits per heavy atom. The van der Waals surface area contributed by atoms with Crippen molar-refractivity contribution in [1.29, 1.82) is 5.41 Å². The van der Waals surface area contributed by atoms with Crippen molar-refractivity contribution in [3.63, 3.8) is 0 Å². The van der Waals surface area contributed by atoms with Crippen molar-refractivity contribution in [3.05, 3.63) is 29.8 Å². The first-order chi connectivity index (χ1) is 15.9. The fourth-order valence-corrected chi connectivity index (χ4v) is 3.94. The molecule has 0 radical (unpaired) electrons. The molecule has 0 aromatic heterocycles. The van der Waals surface area contributed by atoms with Crippen molar-refractivity contribution in [3.8, 4) is 5.75 Å². The highest BCUT2D eigenvalue weighted by Gasteiger charge is 2.31. The number of nitrogens with two attached hydrogens (primary N) is 2. The number of ether oxygens (including phenoxy) is 3. The van der Waals surface area contributed by atoms with E-state index in [1.54, 1.807) is 17.0 Å². The minimum Gasteiger partial charge on any atom is -0.490 e. The van der Waals surface area contributed by atoms with Crippen molar-refractivity contribution in [1.82, 2.24) is 14.7 Å². The normalized spacial score (nSPS) is 19.8. The summed E-state index contributed by atoms with van der Waals surface area (Å²) in [4.78, 5) is 29.5. The van der Waals surface area contributed by atoms with E-state index in [0.29, 0.717) is 25.3 Å². The van der Waals surface area contributed by atoms with E-state index in [9.17, 15) is 9.59 Å². The van der Waals surface area contributed by atoms with Crippen molar-refractivity contribution in [2.75, 3.05) is 59.5 Å². The van der Waals surface area contributed by atoms with Gasteiger partial charge in [-0.1, -0.05) is 12.1 Å². The molecule has 182 valence electrons. The number of benzene rings is 1. The first-order valence-corrected chi connectivity index (χ1v) is 11.2. The van der Waals surface area contributed by atoms with Crippen LogP contribution in [0.2, 0.25) is 0 Å². The molecular weight excluding hydrogens is 428 g/mol. The molecule has 0 aliphatic carbocycles. The maximum absolute atomic E-state index is 12.2. The van der Waals surface area contributed by atoms with Gasteiger partial charge in [0.1, 0.15) is 18.4 Å². The molecule has 5 N–H and O–H groups in total. The summed E-state index contributed by atoms with van der Waals surface area (Å²) in [5, 5.41) is 7.49. The topological polar surface area (TPSA) is 147 Å². The van der Waals surface area contributed by atoms with Gasteiger partial charge in [-0.3, -0.25) is 15.1 Å². The number of carbonyl (C=O) groups excluding carboxylic acids is 2. The molecule has 1 amide bonds. The number of hydrogen-bond acceptors (Lipinski definition) is 8. The Bertz CT molecular complexity index is 812. The maximum Gasteiger partial charge on any atom is 0.410 e. The van der Waals surface area contributed by atoms with Crippen molar-refractivity contribution in [2.45, 2.75) is 25.0 Å². The predicted molar refractivity (Wildman–Crippen MR) is 122 cm³/mol. The van der Waals surface area contributed by atoms with Crippen molar-refractivity contribution >= 4 is 18.0 Å². The first-order valence-electron chi connectivity index (χ1n) is 11.2. The zero-order valence-corrected chi connectivity index (χ0v) is 19.1. The van der Waals surface area contributed by atoms with E-state index >= 15 is 0 Å². The standard InChI is InChI=1S/C22H34N6O5/c1-31-20(29)19(23)13-16-3-5-17(6-4-16)32-15-18-14-28(22(30)33-18)8-2-7-26-9-11-27(12-10-26)21(24)25/h3-6,18-19H,2,7-15,23H2,1H3,(H3,24,25). The molecule has 2 atom stereocenters. The van der Waals surface area contributed by atoms with Gasteiger partial charge in [-0.05, 0) is 37.1 Å². The average Bonchev–Trinajstić information content (AvgIpc) is 3.17. The number of methoxy groups -OCH3 is 1. The second-order valence-corrected chi connectivity index (χ2v) is 8.31. The molecule has 33 heavy (non-hydrogen) atoms. The second-order valence-electron chi connectivity index (χ2n) is 8.31. The lowest BCUT2D eigenvalue weighted by Gasteiger charge is -2.35. The van der Waals surface area contributed by atoms with Gasteiger partial charge in [0.05, 0.1) is 13.7 Å². The number of rotatable bonds is 10. The van der Waals surface area contributed by atoms with Crippen LogP contribution in [0.3, 0.4) is 0 Å². The third-order valence-corrected chi connectivity index (χ3v) is 5.88.